The number of hydrogen-bond acceptors (Lipinski definition) is 5. The fraction of sp³-hybridized carbons (Fsp3) is 0.308. The first-order valence-electron chi connectivity index (χ1n) is 6.04. The summed E-state index contributed by atoms with van der Waals surface area (Å²) in [5.74, 6) is 0.629. The third-order valence-electron chi connectivity index (χ3n) is 2.83. The van der Waals surface area contributed by atoms with Crippen molar-refractivity contribution in [1.29, 1.82) is 0 Å². The maximum absolute atomic E-state index is 12.2. The summed E-state index contributed by atoms with van der Waals surface area (Å²) in [5, 5.41) is 0. The van der Waals surface area contributed by atoms with Crippen LogP contribution in [-0.2, 0) is 16.4 Å². The third kappa shape index (κ3) is 3.37. The molecular formula is C13H16N2O4S. The highest BCUT2D eigenvalue weighted by Gasteiger charge is 2.16. The van der Waals surface area contributed by atoms with E-state index in [1.807, 2.05) is 0 Å². The quantitative estimate of drug-likeness (QED) is 0.874. The van der Waals surface area contributed by atoms with Crippen molar-refractivity contribution in [2.75, 3.05) is 13.7 Å². The molecule has 0 aliphatic rings. The first-order valence-corrected chi connectivity index (χ1v) is 7.52. The molecule has 0 aliphatic heterocycles. The number of methoxy groups -OCH3 is 1. The fourth-order valence-corrected chi connectivity index (χ4v) is 3.06. The molecule has 2 rings (SSSR count). The first kappa shape index (κ1) is 14.5. The Bertz CT molecular complexity index is 666. The predicted molar refractivity (Wildman–Crippen MR) is 73.1 cm³/mol. The second kappa shape index (κ2) is 6.06. The molecule has 0 unspecified atom stereocenters. The number of benzene rings is 1. The highest BCUT2D eigenvalue weighted by molar-refractivity contribution is 7.89. The molecule has 0 saturated heterocycles. The standard InChI is InChI=1S/C13H16N2O4S/c1-10-7-12(18-2)3-4-13(10)20(16,17)15-6-5-11-8-19-9-14-11/h3-4,7-9,15H,5-6H2,1-2H3. The largest absolute Gasteiger partial charge is 0.497 e. The Balaban J connectivity index is 2.06. The zero-order chi connectivity index (χ0) is 14.6. The van der Waals surface area contributed by atoms with Gasteiger partial charge in [0.15, 0.2) is 6.39 Å². The molecule has 6 nitrogen and oxygen atoms in total. The number of ether oxygens (including phenoxy) is 1. The van der Waals surface area contributed by atoms with E-state index in [-0.39, 0.29) is 11.4 Å². The predicted octanol–water partition coefficient (Wildman–Crippen LogP) is 1.51. The van der Waals surface area contributed by atoms with Gasteiger partial charge < -0.3 is 9.15 Å². The van der Waals surface area contributed by atoms with Crippen LogP contribution >= 0.6 is 0 Å². The summed E-state index contributed by atoms with van der Waals surface area (Å²) in [4.78, 5) is 4.18. The van der Waals surface area contributed by atoms with Crippen molar-refractivity contribution in [3.63, 3.8) is 0 Å². The topological polar surface area (TPSA) is 81.4 Å². The highest BCUT2D eigenvalue weighted by atomic mass is 32.2. The Morgan fingerprint density at radius 2 is 2.20 bits per heavy atom. The van der Waals surface area contributed by atoms with Gasteiger partial charge in [0, 0.05) is 13.0 Å². The molecule has 0 atom stereocenters. The maximum atomic E-state index is 12.2. The average molecular weight is 296 g/mol. The highest BCUT2D eigenvalue weighted by Crippen LogP contribution is 2.20. The molecule has 108 valence electrons. The van der Waals surface area contributed by atoms with Gasteiger partial charge in [-0.2, -0.15) is 0 Å². The molecule has 7 heteroatoms. The summed E-state index contributed by atoms with van der Waals surface area (Å²) >= 11 is 0. The Morgan fingerprint density at radius 1 is 1.40 bits per heavy atom. The molecule has 1 aromatic heterocycles. The van der Waals surface area contributed by atoms with Gasteiger partial charge in [0.25, 0.3) is 0 Å². The molecular weight excluding hydrogens is 280 g/mol. The number of hydrogen-bond donors (Lipinski definition) is 1. The molecule has 1 heterocycles. The zero-order valence-corrected chi connectivity index (χ0v) is 12.1. The van der Waals surface area contributed by atoms with Crippen molar-refractivity contribution in [3.05, 3.63) is 42.1 Å². The van der Waals surface area contributed by atoms with Crippen LogP contribution < -0.4 is 9.46 Å². The summed E-state index contributed by atoms with van der Waals surface area (Å²) < 4.78 is 36.8. The molecule has 0 amide bonds. The lowest BCUT2D eigenvalue weighted by atomic mass is 10.2. The molecule has 0 aliphatic carbocycles. The number of oxazole rings is 1. The van der Waals surface area contributed by atoms with Crippen LogP contribution in [0.2, 0.25) is 0 Å². The van der Waals surface area contributed by atoms with Crippen molar-refractivity contribution in [1.82, 2.24) is 9.71 Å². The van der Waals surface area contributed by atoms with E-state index in [4.69, 9.17) is 9.15 Å². The Hall–Kier alpha value is -1.86. The minimum absolute atomic E-state index is 0.249. The maximum Gasteiger partial charge on any atom is 0.240 e. The van der Waals surface area contributed by atoms with E-state index in [2.05, 4.69) is 9.71 Å². The van der Waals surface area contributed by atoms with Gasteiger partial charge in [0.1, 0.15) is 12.0 Å². The van der Waals surface area contributed by atoms with Gasteiger partial charge in [-0.3, -0.25) is 0 Å². The van der Waals surface area contributed by atoms with Gasteiger partial charge in [-0.25, -0.2) is 18.1 Å². The van der Waals surface area contributed by atoms with Crippen molar-refractivity contribution >= 4 is 10.0 Å². The molecule has 20 heavy (non-hydrogen) atoms. The second-order valence-corrected chi connectivity index (χ2v) is 5.99. The Labute approximate surface area is 117 Å². The van der Waals surface area contributed by atoms with Crippen LogP contribution in [0.15, 0.2) is 40.2 Å². The molecule has 1 N–H and O–H groups in total. The molecule has 2 aromatic rings. The van der Waals surface area contributed by atoms with Crippen molar-refractivity contribution in [2.24, 2.45) is 0 Å². The van der Waals surface area contributed by atoms with Gasteiger partial charge in [0.2, 0.25) is 10.0 Å². The fourth-order valence-electron chi connectivity index (χ4n) is 1.80. The van der Waals surface area contributed by atoms with E-state index >= 15 is 0 Å². The van der Waals surface area contributed by atoms with Gasteiger partial charge in [-0.1, -0.05) is 0 Å². The van der Waals surface area contributed by atoms with Crippen LogP contribution in [0.4, 0.5) is 0 Å². The minimum atomic E-state index is -3.53. The van der Waals surface area contributed by atoms with Crippen LogP contribution in [0.1, 0.15) is 11.3 Å². The smallest absolute Gasteiger partial charge is 0.240 e. The van der Waals surface area contributed by atoms with Gasteiger partial charge in [-0.05, 0) is 30.7 Å². The van der Waals surface area contributed by atoms with Crippen LogP contribution in [0.5, 0.6) is 5.75 Å². The lowest BCUT2D eigenvalue weighted by molar-refractivity contribution is 0.414. The molecule has 0 radical (unpaired) electrons. The van der Waals surface area contributed by atoms with E-state index < -0.39 is 10.0 Å². The Morgan fingerprint density at radius 3 is 2.80 bits per heavy atom. The summed E-state index contributed by atoms with van der Waals surface area (Å²) in [6, 6.07) is 4.85. The molecule has 1 aromatic carbocycles. The lowest BCUT2D eigenvalue weighted by Gasteiger charge is -2.10. The molecule has 0 fully saturated rings. The van der Waals surface area contributed by atoms with Crippen LogP contribution in [-0.4, -0.2) is 27.1 Å². The van der Waals surface area contributed by atoms with E-state index in [0.717, 1.165) is 0 Å². The number of aryl methyl sites for hydroxylation is 1. The van der Waals surface area contributed by atoms with Crippen molar-refractivity contribution in [2.45, 2.75) is 18.2 Å². The third-order valence-corrected chi connectivity index (χ3v) is 4.45. The number of rotatable bonds is 6. The number of nitrogens with zero attached hydrogens (tertiary/aromatic N) is 1. The summed E-state index contributed by atoms with van der Waals surface area (Å²) in [6.07, 6.45) is 3.29. The van der Waals surface area contributed by atoms with Crippen LogP contribution in [0.25, 0.3) is 0 Å². The summed E-state index contributed by atoms with van der Waals surface area (Å²) in [5.41, 5.74) is 1.34. The minimum Gasteiger partial charge on any atom is -0.497 e. The number of aromatic nitrogens is 1. The number of nitrogens with one attached hydrogen (secondary N) is 1. The van der Waals surface area contributed by atoms with Crippen LogP contribution in [0, 0.1) is 6.92 Å². The van der Waals surface area contributed by atoms with Crippen molar-refractivity contribution in [3.8, 4) is 5.75 Å². The lowest BCUT2D eigenvalue weighted by Crippen LogP contribution is -2.26. The number of sulfonamides is 1. The van der Waals surface area contributed by atoms with E-state index in [1.165, 1.54) is 18.7 Å². The van der Waals surface area contributed by atoms with E-state index in [0.29, 0.717) is 23.4 Å². The average Bonchev–Trinajstić information content (AvgIpc) is 2.91. The Kier molecular flexibility index (Phi) is 4.41. The van der Waals surface area contributed by atoms with Crippen molar-refractivity contribution < 1.29 is 17.6 Å². The zero-order valence-electron chi connectivity index (χ0n) is 11.3. The molecule has 0 bridgehead atoms. The molecule has 0 spiro atoms. The monoisotopic (exact) mass is 296 g/mol. The summed E-state index contributed by atoms with van der Waals surface area (Å²) in [6.45, 7) is 2.00. The normalized spacial score (nSPS) is 11.5. The van der Waals surface area contributed by atoms with Gasteiger partial charge in [-0.15, -0.1) is 0 Å². The van der Waals surface area contributed by atoms with E-state index in [1.54, 1.807) is 26.2 Å². The first-order chi connectivity index (χ1) is 9.53. The summed E-state index contributed by atoms with van der Waals surface area (Å²) in [7, 11) is -1.99. The second-order valence-electron chi connectivity index (χ2n) is 4.26. The van der Waals surface area contributed by atoms with Gasteiger partial charge >= 0.3 is 0 Å². The van der Waals surface area contributed by atoms with Gasteiger partial charge in [0.05, 0.1) is 17.7 Å². The van der Waals surface area contributed by atoms with Crippen LogP contribution in [0.3, 0.4) is 0 Å². The molecule has 0 saturated carbocycles. The van der Waals surface area contributed by atoms with E-state index in [9.17, 15) is 8.42 Å². The SMILES string of the molecule is COc1ccc(S(=O)(=O)NCCc2cocn2)c(C)c1.